The normalized spacial score (nSPS) is 11.8. The maximum Gasteiger partial charge on any atom is -0.0178 e. The molecule has 0 spiro atoms. The lowest BCUT2D eigenvalue weighted by Gasteiger charge is -2.02. The molecule has 0 saturated heterocycles. The predicted molar refractivity (Wildman–Crippen MR) is 84.1 cm³/mol. The van der Waals surface area contributed by atoms with E-state index in [2.05, 4.69) is 48.6 Å². The summed E-state index contributed by atoms with van der Waals surface area (Å²) in [4.78, 5) is 0. The Balaban J connectivity index is 0.000000371. The summed E-state index contributed by atoms with van der Waals surface area (Å²) in [7, 11) is 0. The van der Waals surface area contributed by atoms with Crippen LogP contribution in [0.5, 0.6) is 0 Å². The van der Waals surface area contributed by atoms with Gasteiger partial charge in [-0.05, 0) is 46.2 Å². The van der Waals surface area contributed by atoms with E-state index < -0.39 is 0 Å². The third-order valence-electron chi connectivity index (χ3n) is 2.85. The zero-order valence-corrected chi connectivity index (χ0v) is 12.0. The van der Waals surface area contributed by atoms with Gasteiger partial charge in [0, 0.05) is 0 Å². The fourth-order valence-corrected chi connectivity index (χ4v) is 2.11. The molecule has 18 heavy (non-hydrogen) atoms. The molecule has 0 fully saturated rings. The molecule has 3 rings (SSSR count). The van der Waals surface area contributed by atoms with Gasteiger partial charge in [-0.2, -0.15) is 0 Å². The van der Waals surface area contributed by atoms with Crippen molar-refractivity contribution in [3.05, 3.63) is 46.8 Å². The molecule has 2 aromatic carbocycles. The smallest absolute Gasteiger partial charge is 0.0178 e. The van der Waals surface area contributed by atoms with Crippen molar-refractivity contribution in [2.75, 3.05) is 0 Å². The van der Waals surface area contributed by atoms with Gasteiger partial charge in [0.05, 0.1) is 0 Å². The first-order chi connectivity index (χ1) is 8.93. The maximum absolute atomic E-state index is 2.34. The monoisotopic (exact) mass is 240 g/mol. The van der Waals surface area contributed by atoms with E-state index in [9.17, 15) is 0 Å². The van der Waals surface area contributed by atoms with Crippen molar-refractivity contribution in [3.63, 3.8) is 0 Å². The fraction of sp³-hybridized carbons (Fsp3) is 0.333. The van der Waals surface area contributed by atoms with E-state index in [1.807, 2.05) is 27.7 Å². The standard InChI is InChI=1S/C14H12.2C2H6/c1-2-6-12-10-14-8-4-3-7-13(14)9-11(12)5-1;2*1-2/h1-2,5-10H,3-4H2;2*1-2H3. The molecule has 0 heterocycles. The van der Waals surface area contributed by atoms with Crippen molar-refractivity contribution in [3.8, 4) is 0 Å². The SMILES string of the molecule is C1=c2cc3ccccc3cc2=CCC1.CC.CC. The molecular formula is C18H24. The summed E-state index contributed by atoms with van der Waals surface area (Å²) in [6.07, 6.45) is 7.04. The molecule has 0 heteroatoms. The average molecular weight is 240 g/mol. The van der Waals surface area contributed by atoms with Crippen LogP contribution >= 0.6 is 0 Å². The van der Waals surface area contributed by atoms with Gasteiger partial charge in [0.15, 0.2) is 0 Å². The van der Waals surface area contributed by atoms with Crippen LogP contribution in [0.25, 0.3) is 22.9 Å². The molecule has 0 amide bonds. The lowest BCUT2D eigenvalue weighted by molar-refractivity contribution is 1.12. The second kappa shape index (κ2) is 7.71. The third-order valence-corrected chi connectivity index (χ3v) is 2.85. The fourth-order valence-electron chi connectivity index (χ4n) is 2.11. The number of fused-ring (bicyclic) bond motifs is 2. The molecule has 2 aromatic rings. The van der Waals surface area contributed by atoms with Crippen LogP contribution in [0.15, 0.2) is 36.4 Å². The van der Waals surface area contributed by atoms with Crippen LogP contribution in [0.1, 0.15) is 40.5 Å². The largest absolute Gasteiger partial charge is 0.0763 e. The Hall–Kier alpha value is -1.56. The van der Waals surface area contributed by atoms with Crippen molar-refractivity contribution >= 4 is 22.9 Å². The lowest BCUT2D eigenvalue weighted by atomic mass is 10.0. The summed E-state index contributed by atoms with van der Waals surface area (Å²) in [5.41, 5.74) is 0. The summed E-state index contributed by atoms with van der Waals surface area (Å²) >= 11 is 0. The van der Waals surface area contributed by atoms with Gasteiger partial charge >= 0.3 is 0 Å². The first-order valence-corrected chi connectivity index (χ1v) is 7.13. The number of benzene rings is 2. The molecule has 0 unspecified atom stereocenters. The zero-order valence-electron chi connectivity index (χ0n) is 12.0. The van der Waals surface area contributed by atoms with Gasteiger partial charge in [-0.25, -0.2) is 0 Å². The van der Waals surface area contributed by atoms with E-state index in [4.69, 9.17) is 0 Å². The molecule has 0 atom stereocenters. The van der Waals surface area contributed by atoms with Gasteiger partial charge in [-0.1, -0.05) is 64.1 Å². The van der Waals surface area contributed by atoms with Gasteiger partial charge in [-0.3, -0.25) is 0 Å². The molecule has 1 aliphatic rings. The van der Waals surface area contributed by atoms with Crippen molar-refractivity contribution in [2.45, 2.75) is 40.5 Å². The maximum atomic E-state index is 2.34. The second-order valence-corrected chi connectivity index (χ2v) is 3.81. The van der Waals surface area contributed by atoms with Gasteiger partial charge in [-0.15, -0.1) is 0 Å². The average Bonchev–Trinajstić information content (AvgIpc) is 2.49. The number of rotatable bonds is 0. The summed E-state index contributed by atoms with van der Waals surface area (Å²) < 4.78 is 0. The van der Waals surface area contributed by atoms with Gasteiger partial charge in [0.1, 0.15) is 0 Å². The summed E-state index contributed by atoms with van der Waals surface area (Å²) in [5.74, 6) is 0. The highest BCUT2D eigenvalue weighted by Gasteiger charge is 1.96. The van der Waals surface area contributed by atoms with Gasteiger partial charge < -0.3 is 0 Å². The molecule has 0 saturated carbocycles. The molecule has 0 N–H and O–H groups in total. The summed E-state index contributed by atoms with van der Waals surface area (Å²) in [6, 6.07) is 13.1. The van der Waals surface area contributed by atoms with E-state index in [-0.39, 0.29) is 0 Å². The highest BCUT2D eigenvalue weighted by Crippen LogP contribution is 2.09. The zero-order chi connectivity index (χ0) is 13.4. The van der Waals surface area contributed by atoms with Crippen LogP contribution in [-0.4, -0.2) is 0 Å². The van der Waals surface area contributed by atoms with Crippen LogP contribution in [0.3, 0.4) is 0 Å². The van der Waals surface area contributed by atoms with Gasteiger partial charge in [0.25, 0.3) is 0 Å². The van der Waals surface area contributed by atoms with Crippen molar-refractivity contribution in [2.24, 2.45) is 0 Å². The van der Waals surface area contributed by atoms with Crippen molar-refractivity contribution in [1.82, 2.24) is 0 Å². The van der Waals surface area contributed by atoms with E-state index in [0.717, 1.165) is 0 Å². The topological polar surface area (TPSA) is 0 Å². The Labute approximate surface area is 111 Å². The van der Waals surface area contributed by atoms with Crippen LogP contribution in [0, 0.1) is 0 Å². The van der Waals surface area contributed by atoms with E-state index in [1.54, 1.807) is 0 Å². The Morgan fingerprint density at radius 3 is 1.44 bits per heavy atom. The predicted octanol–water partition coefficient (Wildman–Crippen LogP) is 4.25. The third kappa shape index (κ3) is 3.22. The second-order valence-electron chi connectivity index (χ2n) is 3.81. The molecular weight excluding hydrogens is 216 g/mol. The Morgan fingerprint density at radius 2 is 1.06 bits per heavy atom. The Kier molecular flexibility index (Phi) is 6.21. The summed E-state index contributed by atoms with van der Waals surface area (Å²) in [6.45, 7) is 8.00. The minimum Gasteiger partial charge on any atom is -0.0763 e. The first-order valence-electron chi connectivity index (χ1n) is 7.13. The molecule has 0 aromatic heterocycles. The first kappa shape index (κ1) is 14.5. The van der Waals surface area contributed by atoms with Gasteiger partial charge in [0.2, 0.25) is 0 Å². The van der Waals surface area contributed by atoms with Crippen molar-refractivity contribution < 1.29 is 0 Å². The lowest BCUT2D eigenvalue weighted by Crippen LogP contribution is -2.25. The highest BCUT2D eigenvalue weighted by molar-refractivity contribution is 5.82. The highest BCUT2D eigenvalue weighted by atomic mass is 14.0. The number of hydrogen-bond acceptors (Lipinski definition) is 0. The molecule has 0 bridgehead atoms. The van der Waals surface area contributed by atoms with Crippen LogP contribution in [0.4, 0.5) is 0 Å². The molecule has 0 radical (unpaired) electrons. The van der Waals surface area contributed by atoms with Crippen molar-refractivity contribution in [1.29, 1.82) is 0 Å². The van der Waals surface area contributed by atoms with Crippen LogP contribution in [0.2, 0.25) is 0 Å². The minimum atomic E-state index is 1.19. The molecule has 1 aliphatic carbocycles. The molecule has 96 valence electrons. The van der Waals surface area contributed by atoms with E-state index in [0.29, 0.717) is 0 Å². The van der Waals surface area contributed by atoms with Crippen LogP contribution < -0.4 is 10.4 Å². The van der Waals surface area contributed by atoms with E-state index >= 15 is 0 Å². The number of hydrogen-bond donors (Lipinski definition) is 0. The molecule has 0 nitrogen and oxygen atoms in total. The Bertz CT molecular complexity index is 536. The van der Waals surface area contributed by atoms with Crippen LogP contribution in [-0.2, 0) is 0 Å². The van der Waals surface area contributed by atoms with E-state index in [1.165, 1.54) is 34.1 Å². The quantitative estimate of drug-likeness (QED) is 0.646. The minimum absolute atomic E-state index is 1.19. The summed E-state index contributed by atoms with van der Waals surface area (Å²) in [5, 5.41) is 5.49. The molecule has 0 aliphatic heterocycles. The Morgan fingerprint density at radius 1 is 0.667 bits per heavy atom.